The van der Waals surface area contributed by atoms with E-state index in [4.69, 9.17) is 4.74 Å². The standard InChI is InChI=1S/C28H35N3O5S/c1-36-21-5-6-23-22(16-21)27(20(19-32)18-30-23)24(33)7-8-28(17-26(34)35)9-12-31(13-10-28)14-15-37-25-4-2-3-11-29-25/h2-6,11,16,18,24,32-33H,7-10,12-15,17,19H2,1H3,(H,34,35)/t24-/m0/s1. The van der Waals surface area contributed by atoms with Gasteiger partial charge in [-0.25, -0.2) is 4.98 Å². The number of carbonyl (C=O) groups is 1. The molecule has 0 bridgehead atoms. The number of thioether (sulfide) groups is 1. The van der Waals surface area contributed by atoms with Crippen LogP contribution in [0.2, 0.25) is 0 Å². The third-order valence-electron chi connectivity index (χ3n) is 7.39. The number of ether oxygens (including phenoxy) is 1. The van der Waals surface area contributed by atoms with Crippen molar-refractivity contribution >= 4 is 28.6 Å². The van der Waals surface area contributed by atoms with Crippen LogP contribution in [0.1, 0.15) is 49.3 Å². The zero-order chi connectivity index (χ0) is 26.3. The van der Waals surface area contributed by atoms with Crippen LogP contribution in [-0.2, 0) is 11.4 Å². The van der Waals surface area contributed by atoms with Gasteiger partial charge in [0.15, 0.2) is 0 Å². The number of hydrogen-bond donors (Lipinski definition) is 3. The van der Waals surface area contributed by atoms with Crippen molar-refractivity contribution in [1.82, 2.24) is 14.9 Å². The first kappa shape index (κ1) is 27.3. The van der Waals surface area contributed by atoms with Crippen molar-refractivity contribution in [2.75, 3.05) is 32.5 Å². The molecule has 3 N–H and O–H groups in total. The molecule has 9 heteroatoms. The monoisotopic (exact) mass is 525 g/mol. The Morgan fingerprint density at radius 2 is 2.03 bits per heavy atom. The van der Waals surface area contributed by atoms with Crippen molar-refractivity contribution in [2.45, 2.75) is 49.8 Å². The first-order valence-electron chi connectivity index (χ1n) is 12.7. The first-order valence-corrected chi connectivity index (χ1v) is 13.6. The van der Waals surface area contributed by atoms with Gasteiger partial charge in [-0.3, -0.25) is 9.78 Å². The Kier molecular flexibility index (Phi) is 9.37. The lowest BCUT2D eigenvalue weighted by molar-refractivity contribution is -0.141. The number of aliphatic carboxylic acids is 1. The maximum absolute atomic E-state index is 11.8. The maximum Gasteiger partial charge on any atom is 0.303 e. The van der Waals surface area contributed by atoms with Crippen LogP contribution in [0.25, 0.3) is 10.9 Å². The molecule has 1 aliphatic heterocycles. The fraction of sp³-hybridized carbons (Fsp3) is 0.464. The molecular weight excluding hydrogens is 490 g/mol. The van der Waals surface area contributed by atoms with Gasteiger partial charge in [-0.15, -0.1) is 11.8 Å². The number of pyridine rings is 2. The van der Waals surface area contributed by atoms with E-state index in [2.05, 4.69) is 14.9 Å². The number of fused-ring (bicyclic) bond motifs is 1. The highest BCUT2D eigenvalue weighted by Gasteiger charge is 2.37. The molecule has 0 unspecified atom stereocenters. The molecule has 0 saturated carbocycles. The molecule has 1 aliphatic rings. The van der Waals surface area contributed by atoms with Crippen LogP contribution >= 0.6 is 11.8 Å². The fourth-order valence-corrected chi connectivity index (χ4v) is 6.13. The average molecular weight is 526 g/mol. The molecule has 198 valence electrons. The van der Waals surface area contributed by atoms with Crippen LogP contribution in [0.5, 0.6) is 5.75 Å². The third-order valence-corrected chi connectivity index (χ3v) is 8.31. The van der Waals surface area contributed by atoms with Gasteiger partial charge >= 0.3 is 5.97 Å². The maximum atomic E-state index is 11.8. The molecule has 1 aromatic carbocycles. The van der Waals surface area contributed by atoms with Gasteiger partial charge in [0, 0.05) is 35.6 Å². The van der Waals surface area contributed by atoms with Crippen molar-refractivity contribution in [1.29, 1.82) is 0 Å². The average Bonchev–Trinajstić information content (AvgIpc) is 2.92. The summed E-state index contributed by atoms with van der Waals surface area (Å²) >= 11 is 1.73. The predicted octanol–water partition coefficient (Wildman–Crippen LogP) is 4.29. The summed E-state index contributed by atoms with van der Waals surface area (Å²) in [4.78, 5) is 23.0. The second kappa shape index (κ2) is 12.7. The lowest BCUT2D eigenvalue weighted by atomic mass is 9.71. The van der Waals surface area contributed by atoms with E-state index >= 15 is 0 Å². The minimum atomic E-state index is -0.849. The Bertz CT molecular complexity index is 1180. The molecule has 0 radical (unpaired) electrons. The Balaban J connectivity index is 1.42. The van der Waals surface area contributed by atoms with Crippen LogP contribution in [0.4, 0.5) is 0 Å². The van der Waals surface area contributed by atoms with Gasteiger partial charge < -0.3 is 25.0 Å². The Morgan fingerprint density at radius 1 is 1.22 bits per heavy atom. The van der Waals surface area contributed by atoms with Crippen molar-refractivity contribution < 1.29 is 24.9 Å². The zero-order valence-corrected chi connectivity index (χ0v) is 22.0. The number of piperidine rings is 1. The van der Waals surface area contributed by atoms with Gasteiger partial charge in [-0.05, 0) is 80.1 Å². The molecule has 0 spiro atoms. The molecule has 0 amide bonds. The highest BCUT2D eigenvalue weighted by molar-refractivity contribution is 7.99. The zero-order valence-electron chi connectivity index (χ0n) is 21.2. The molecule has 3 heterocycles. The highest BCUT2D eigenvalue weighted by Crippen LogP contribution is 2.42. The lowest BCUT2D eigenvalue weighted by Crippen LogP contribution is -2.42. The van der Waals surface area contributed by atoms with Gasteiger partial charge in [0.1, 0.15) is 5.75 Å². The van der Waals surface area contributed by atoms with Gasteiger partial charge in [0.2, 0.25) is 0 Å². The summed E-state index contributed by atoms with van der Waals surface area (Å²) in [6, 6.07) is 11.4. The number of rotatable bonds is 12. The van der Waals surface area contributed by atoms with Gasteiger partial charge in [-0.2, -0.15) is 0 Å². The van der Waals surface area contributed by atoms with Crippen molar-refractivity contribution in [3.05, 3.63) is 59.9 Å². The van der Waals surface area contributed by atoms with Crippen molar-refractivity contribution in [3.8, 4) is 5.75 Å². The summed E-state index contributed by atoms with van der Waals surface area (Å²) in [5.41, 5.74) is 1.56. The Morgan fingerprint density at radius 3 is 2.70 bits per heavy atom. The van der Waals surface area contributed by atoms with Crippen molar-refractivity contribution in [3.63, 3.8) is 0 Å². The SMILES string of the molecule is COc1ccc2ncc(CO)c([C@@H](O)CCC3(CC(=O)O)CCN(CCSc4ccccn4)CC3)c2c1. The number of aromatic nitrogens is 2. The normalized spacial score (nSPS) is 16.5. The number of carboxylic acids is 1. The molecule has 4 rings (SSSR count). The molecule has 2 aromatic heterocycles. The number of aliphatic hydroxyl groups is 2. The van der Waals surface area contributed by atoms with Crippen LogP contribution in [-0.4, -0.2) is 68.7 Å². The van der Waals surface area contributed by atoms with E-state index in [0.717, 1.165) is 48.6 Å². The largest absolute Gasteiger partial charge is 0.497 e. The van der Waals surface area contributed by atoms with E-state index in [1.54, 1.807) is 31.3 Å². The van der Waals surface area contributed by atoms with Crippen molar-refractivity contribution in [2.24, 2.45) is 5.41 Å². The number of likely N-dealkylation sites (tertiary alicyclic amines) is 1. The van der Waals surface area contributed by atoms with Crippen LogP contribution < -0.4 is 4.74 Å². The van der Waals surface area contributed by atoms with E-state index in [1.165, 1.54) is 0 Å². The molecule has 3 aromatic rings. The summed E-state index contributed by atoms with van der Waals surface area (Å²) in [7, 11) is 1.58. The number of hydrogen-bond acceptors (Lipinski definition) is 8. The molecule has 1 saturated heterocycles. The molecular formula is C28H35N3O5S. The fourth-order valence-electron chi connectivity index (χ4n) is 5.27. The Hall–Kier alpha value is -2.72. The first-order chi connectivity index (χ1) is 17.9. The number of carboxylic acid groups (broad SMARTS) is 1. The number of aliphatic hydroxyl groups excluding tert-OH is 2. The van der Waals surface area contributed by atoms with Gasteiger partial charge in [0.25, 0.3) is 0 Å². The summed E-state index contributed by atoms with van der Waals surface area (Å²) in [6.07, 6.45) is 5.19. The Labute approximate surface area is 221 Å². The van der Waals surface area contributed by atoms with E-state index in [1.807, 2.05) is 36.4 Å². The topological polar surface area (TPSA) is 116 Å². The van der Waals surface area contributed by atoms with E-state index in [9.17, 15) is 20.1 Å². The number of nitrogens with zero attached hydrogens (tertiary/aromatic N) is 3. The number of benzene rings is 1. The van der Waals surface area contributed by atoms with E-state index in [0.29, 0.717) is 35.2 Å². The molecule has 37 heavy (non-hydrogen) atoms. The second-order valence-corrected chi connectivity index (χ2v) is 10.8. The van der Waals surface area contributed by atoms with Crippen LogP contribution in [0, 0.1) is 5.41 Å². The van der Waals surface area contributed by atoms with Gasteiger partial charge in [-0.1, -0.05) is 6.07 Å². The minimum absolute atomic E-state index is 0.0913. The van der Waals surface area contributed by atoms with E-state index < -0.39 is 12.1 Å². The molecule has 1 atom stereocenters. The summed E-state index contributed by atoms with van der Waals surface area (Å²) in [6.45, 7) is 2.36. The van der Waals surface area contributed by atoms with Crippen LogP contribution in [0.15, 0.2) is 53.8 Å². The van der Waals surface area contributed by atoms with E-state index in [-0.39, 0.29) is 18.4 Å². The lowest BCUT2D eigenvalue weighted by Gasteiger charge is -2.41. The summed E-state index contributed by atoms with van der Waals surface area (Å²) < 4.78 is 5.36. The highest BCUT2D eigenvalue weighted by atomic mass is 32.2. The summed E-state index contributed by atoms with van der Waals surface area (Å²) in [5.74, 6) is 0.780. The van der Waals surface area contributed by atoms with Crippen LogP contribution in [0.3, 0.4) is 0 Å². The minimum Gasteiger partial charge on any atom is -0.497 e. The predicted molar refractivity (Wildman–Crippen MR) is 144 cm³/mol. The van der Waals surface area contributed by atoms with Gasteiger partial charge in [0.05, 0.1) is 36.8 Å². The summed E-state index contributed by atoms with van der Waals surface area (Å²) in [5, 5.41) is 32.7. The molecule has 8 nitrogen and oxygen atoms in total. The number of methoxy groups -OCH3 is 1. The smallest absolute Gasteiger partial charge is 0.303 e. The molecule has 1 fully saturated rings. The second-order valence-electron chi connectivity index (χ2n) is 9.72. The molecule has 0 aliphatic carbocycles. The quantitative estimate of drug-likeness (QED) is 0.298. The third kappa shape index (κ3) is 6.98.